The van der Waals surface area contributed by atoms with E-state index in [1.54, 1.807) is 4.90 Å². The van der Waals surface area contributed by atoms with Gasteiger partial charge in [0.05, 0.1) is 0 Å². The molecule has 1 aliphatic rings. The molecule has 110 valence electrons. The van der Waals surface area contributed by atoms with Crippen LogP contribution in [0.15, 0.2) is 29.2 Å². The molecule has 9 heteroatoms. The molecule has 2 rings (SSSR count). The van der Waals surface area contributed by atoms with E-state index in [1.807, 2.05) is 3.11 Å². The van der Waals surface area contributed by atoms with Gasteiger partial charge in [-0.05, 0) is 18.2 Å². The van der Waals surface area contributed by atoms with Crippen molar-refractivity contribution in [3.63, 3.8) is 0 Å². The average Bonchev–Trinajstić information content (AvgIpc) is 2.27. The molecule has 0 aromatic heterocycles. The van der Waals surface area contributed by atoms with E-state index >= 15 is 0 Å². The fourth-order valence-corrected chi connectivity index (χ4v) is 2.97. The first kappa shape index (κ1) is 15.1. The molecule has 0 bridgehead atoms. The third-order valence-corrected chi connectivity index (χ3v) is 4.96. The molecule has 1 aromatic carbocycles. The van der Waals surface area contributed by atoms with Gasteiger partial charge in [0.1, 0.15) is 4.90 Å². The fourth-order valence-electron chi connectivity index (χ4n) is 1.86. The van der Waals surface area contributed by atoms with Crippen LogP contribution in [0.1, 0.15) is 0 Å². The number of halogens is 6. The number of benzene rings is 1. The third-order valence-electron chi connectivity index (χ3n) is 2.85. The van der Waals surface area contributed by atoms with E-state index in [1.165, 1.54) is 6.07 Å². The van der Waals surface area contributed by atoms with Crippen molar-refractivity contribution in [2.24, 2.45) is 0 Å². The van der Waals surface area contributed by atoms with Crippen molar-refractivity contribution >= 4 is 38.8 Å². The lowest BCUT2D eigenvalue weighted by Gasteiger charge is -2.41. The predicted molar refractivity (Wildman–Crippen MR) is 75.6 cm³/mol. The van der Waals surface area contributed by atoms with Crippen LogP contribution in [0.3, 0.4) is 0 Å². The van der Waals surface area contributed by atoms with Crippen LogP contribution in [0.5, 0.6) is 0 Å². The summed E-state index contributed by atoms with van der Waals surface area (Å²) in [7, 11) is -9.59. The SMILES string of the molecule is FS(F)(F)(F)(F)c1cccc(N2CCN(I)CC2)c1. The maximum absolute atomic E-state index is 12.7. The van der Waals surface area contributed by atoms with Gasteiger partial charge in [0, 0.05) is 54.7 Å². The third kappa shape index (κ3) is 3.85. The second kappa shape index (κ2) is 4.10. The highest BCUT2D eigenvalue weighted by Gasteiger charge is 2.65. The Morgan fingerprint density at radius 3 is 2.05 bits per heavy atom. The lowest BCUT2D eigenvalue weighted by atomic mass is 10.2. The lowest BCUT2D eigenvalue weighted by Crippen LogP contribution is -2.42. The Morgan fingerprint density at radius 1 is 0.947 bits per heavy atom. The van der Waals surface area contributed by atoms with E-state index < -0.39 is 15.1 Å². The van der Waals surface area contributed by atoms with Crippen molar-refractivity contribution in [3.05, 3.63) is 24.3 Å². The number of rotatable bonds is 2. The Morgan fingerprint density at radius 2 is 1.53 bits per heavy atom. The van der Waals surface area contributed by atoms with Crippen LogP contribution in [0.25, 0.3) is 0 Å². The Kier molecular flexibility index (Phi) is 3.26. The smallest absolute Gasteiger partial charge is 0.310 e. The molecule has 0 amide bonds. The van der Waals surface area contributed by atoms with Crippen LogP contribution in [0, 0.1) is 0 Å². The molecule has 1 aromatic rings. The first-order valence-electron chi connectivity index (χ1n) is 5.45. The van der Waals surface area contributed by atoms with Gasteiger partial charge in [-0.2, -0.15) is 0 Å². The van der Waals surface area contributed by atoms with Gasteiger partial charge in [0.15, 0.2) is 0 Å². The number of nitrogens with zero attached hydrogens (tertiary/aromatic N) is 2. The second-order valence-corrected chi connectivity index (χ2v) is 8.14. The maximum atomic E-state index is 12.7. The Bertz CT molecular complexity index is 484. The molecular formula is C10H12F5IN2S. The zero-order valence-electron chi connectivity index (χ0n) is 9.71. The van der Waals surface area contributed by atoms with E-state index in [2.05, 4.69) is 22.9 Å². The Balaban J connectivity index is 2.31. The van der Waals surface area contributed by atoms with Crippen LogP contribution >= 0.6 is 33.1 Å². The van der Waals surface area contributed by atoms with E-state index in [-0.39, 0.29) is 5.69 Å². The minimum Gasteiger partial charge on any atom is -0.369 e. The summed E-state index contributed by atoms with van der Waals surface area (Å²) in [5, 5.41) is 0. The second-order valence-electron chi connectivity index (χ2n) is 4.36. The summed E-state index contributed by atoms with van der Waals surface area (Å²) in [6.45, 7) is 2.40. The van der Waals surface area contributed by atoms with Crippen LogP contribution in [-0.4, -0.2) is 29.3 Å². The van der Waals surface area contributed by atoms with Gasteiger partial charge in [-0.1, -0.05) is 25.5 Å². The normalized spacial score (nSPS) is 21.9. The Labute approximate surface area is 121 Å². The van der Waals surface area contributed by atoms with Crippen molar-refractivity contribution in [1.29, 1.82) is 0 Å². The number of anilines is 1. The van der Waals surface area contributed by atoms with Crippen LogP contribution in [-0.2, 0) is 0 Å². The molecule has 2 nitrogen and oxygen atoms in total. The molecule has 0 unspecified atom stereocenters. The molecule has 0 aliphatic carbocycles. The van der Waals surface area contributed by atoms with Gasteiger partial charge in [-0.15, -0.1) is 0 Å². The van der Waals surface area contributed by atoms with Crippen molar-refractivity contribution in [2.45, 2.75) is 4.90 Å². The monoisotopic (exact) mass is 414 g/mol. The standard InChI is InChI=1S/C10H12F5IN2S/c11-19(12,13,14,15)10-3-1-2-9(8-10)17-4-6-18(16)7-5-17/h1-3,8H,4-7H2. The number of hydrogen-bond donors (Lipinski definition) is 0. The van der Waals surface area contributed by atoms with Gasteiger partial charge in [-0.3, -0.25) is 0 Å². The maximum Gasteiger partial charge on any atom is 0.310 e. The fraction of sp³-hybridized carbons (Fsp3) is 0.400. The first-order chi connectivity index (χ1) is 8.45. The molecule has 0 saturated carbocycles. The molecule has 1 saturated heterocycles. The molecule has 0 N–H and O–H groups in total. The summed E-state index contributed by atoms with van der Waals surface area (Å²) in [4.78, 5) is -0.142. The van der Waals surface area contributed by atoms with Crippen LogP contribution in [0.4, 0.5) is 25.1 Å². The molecule has 0 radical (unpaired) electrons. The zero-order chi connectivity index (χ0) is 14.4. The van der Waals surface area contributed by atoms with Crippen molar-refractivity contribution in [1.82, 2.24) is 3.11 Å². The molecular weight excluding hydrogens is 402 g/mol. The van der Waals surface area contributed by atoms with Crippen molar-refractivity contribution in [3.8, 4) is 0 Å². The quantitative estimate of drug-likeness (QED) is 0.389. The summed E-state index contributed by atoms with van der Waals surface area (Å²) in [5.74, 6) is 0. The van der Waals surface area contributed by atoms with Crippen molar-refractivity contribution < 1.29 is 19.4 Å². The predicted octanol–water partition coefficient (Wildman–Crippen LogP) is 4.82. The molecule has 1 heterocycles. The topological polar surface area (TPSA) is 6.48 Å². The van der Waals surface area contributed by atoms with Gasteiger partial charge in [-0.25, -0.2) is 3.11 Å². The molecule has 0 spiro atoms. The minimum absolute atomic E-state index is 0.190. The summed E-state index contributed by atoms with van der Waals surface area (Å²) in [6, 6.07) is 3.43. The zero-order valence-corrected chi connectivity index (χ0v) is 12.7. The number of piperazine rings is 1. The Hall–Kier alpha value is -0.290. The van der Waals surface area contributed by atoms with E-state index in [0.29, 0.717) is 38.3 Å². The molecule has 0 atom stereocenters. The summed E-state index contributed by atoms with van der Waals surface area (Å²) < 4.78 is 65.6. The average molecular weight is 414 g/mol. The molecule has 1 fully saturated rings. The van der Waals surface area contributed by atoms with Gasteiger partial charge < -0.3 is 4.90 Å². The summed E-state index contributed by atoms with van der Waals surface area (Å²) in [6.07, 6.45) is 0. The molecule has 1 aliphatic heterocycles. The van der Waals surface area contributed by atoms with Crippen LogP contribution in [0.2, 0.25) is 0 Å². The van der Waals surface area contributed by atoms with Crippen molar-refractivity contribution in [2.75, 3.05) is 31.1 Å². The van der Waals surface area contributed by atoms with Gasteiger partial charge in [0.25, 0.3) is 0 Å². The summed E-state index contributed by atoms with van der Waals surface area (Å²) in [5.41, 5.74) is 0.190. The highest BCUT2D eigenvalue weighted by Crippen LogP contribution is 3.02. The van der Waals surface area contributed by atoms with E-state index in [9.17, 15) is 19.4 Å². The first-order valence-corrected chi connectivity index (χ1v) is 8.37. The largest absolute Gasteiger partial charge is 0.369 e. The summed E-state index contributed by atoms with van der Waals surface area (Å²) >= 11 is 2.12. The lowest BCUT2D eigenvalue weighted by molar-refractivity contribution is 0.364. The number of hydrogen-bond acceptors (Lipinski definition) is 2. The highest BCUT2D eigenvalue weighted by atomic mass is 127. The minimum atomic E-state index is -9.59. The van der Waals surface area contributed by atoms with E-state index in [0.717, 1.165) is 6.07 Å². The van der Waals surface area contributed by atoms with E-state index in [4.69, 9.17) is 0 Å². The van der Waals surface area contributed by atoms with Gasteiger partial charge in [0.2, 0.25) is 0 Å². The highest BCUT2D eigenvalue weighted by molar-refractivity contribution is 14.1. The molecule has 19 heavy (non-hydrogen) atoms. The van der Waals surface area contributed by atoms with Gasteiger partial charge >= 0.3 is 10.2 Å². The van der Waals surface area contributed by atoms with Crippen LogP contribution < -0.4 is 4.90 Å².